The normalized spacial score (nSPS) is 18.3. The molecular weight excluding hydrogens is 308 g/mol. The molecule has 1 fully saturated rings. The third kappa shape index (κ3) is 2.54. The lowest BCUT2D eigenvalue weighted by Gasteiger charge is -2.16. The number of hydroxylamine groups is 2. The third-order valence-electron chi connectivity index (χ3n) is 4.31. The molecule has 124 valence electrons. The molecule has 0 bridgehead atoms. The highest BCUT2D eigenvalue weighted by atomic mass is 16.7. The number of carbonyl (C=O) groups excluding carboxylic acids is 1. The Morgan fingerprint density at radius 3 is 3.25 bits per heavy atom. The molecule has 1 aliphatic rings. The van der Waals surface area contributed by atoms with Crippen LogP contribution in [0, 0.1) is 0 Å². The van der Waals surface area contributed by atoms with Crippen LogP contribution in [0.2, 0.25) is 0 Å². The molecule has 0 aliphatic carbocycles. The van der Waals surface area contributed by atoms with Crippen molar-refractivity contribution >= 4 is 27.9 Å². The van der Waals surface area contributed by atoms with Gasteiger partial charge < -0.3 is 10.2 Å². The summed E-state index contributed by atoms with van der Waals surface area (Å²) in [6.07, 6.45) is 5.81. The van der Waals surface area contributed by atoms with E-state index in [1.807, 2.05) is 13.0 Å². The number of hydrogen-bond donors (Lipinski definition) is 2. The van der Waals surface area contributed by atoms with Crippen LogP contribution in [0.15, 0.2) is 24.7 Å². The molecule has 0 spiro atoms. The summed E-state index contributed by atoms with van der Waals surface area (Å²) in [5, 5.41) is 14.8. The minimum atomic E-state index is -0.412. The molecular formula is C16H18N6O2. The number of nitrogens with one attached hydrogen (secondary N) is 2. The minimum absolute atomic E-state index is 0.205. The van der Waals surface area contributed by atoms with Gasteiger partial charge in [0.05, 0.1) is 6.20 Å². The number of fused-ring (bicyclic) bond motifs is 3. The molecule has 3 aromatic rings. The predicted molar refractivity (Wildman–Crippen MR) is 88.3 cm³/mol. The first-order valence-corrected chi connectivity index (χ1v) is 8.03. The van der Waals surface area contributed by atoms with Crippen molar-refractivity contribution in [2.24, 2.45) is 0 Å². The number of nitrogens with zero attached hydrogens (tertiary/aromatic N) is 4. The molecule has 1 aliphatic heterocycles. The molecule has 2 N–H and O–H groups in total. The zero-order valence-corrected chi connectivity index (χ0v) is 13.3. The highest BCUT2D eigenvalue weighted by Crippen LogP contribution is 2.33. The second kappa shape index (κ2) is 6.04. The van der Waals surface area contributed by atoms with E-state index in [4.69, 9.17) is 4.84 Å². The third-order valence-corrected chi connectivity index (χ3v) is 4.31. The lowest BCUT2D eigenvalue weighted by atomic mass is 9.98. The Kier molecular flexibility index (Phi) is 3.73. The Balaban J connectivity index is 1.65. The number of carbonyl (C=O) groups is 1. The number of aromatic amines is 1. The van der Waals surface area contributed by atoms with E-state index < -0.39 is 6.09 Å². The van der Waals surface area contributed by atoms with Crippen molar-refractivity contribution < 1.29 is 9.63 Å². The fourth-order valence-electron chi connectivity index (χ4n) is 3.24. The van der Waals surface area contributed by atoms with Crippen LogP contribution in [-0.4, -0.2) is 51.0 Å². The summed E-state index contributed by atoms with van der Waals surface area (Å²) in [6.45, 7) is 3.73. The molecule has 0 radical (unpaired) electrons. The van der Waals surface area contributed by atoms with Crippen LogP contribution in [0.1, 0.15) is 25.0 Å². The largest absolute Gasteiger partial charge is 0.426 e. The summed E-state index contributed by atoms with van der Waals surface area (Å²) in [4.78, 5) is 25.5. The number of rotatable bonds is 3. The van der Waals surface area contributed by atoms with Gasteiger partial charge in [0.2, 0.25) is 0 Å². The van der Waals surface area contributed by atoms with Crippen LogP contribution in [-0.2, 0) is 4.84 Å². The van der Waals surface area contributed by atoms with E-state index in [9.17, 15) is 4.79 Å². The molecule has 8 heteroatoms. The molecule has 8 nitrogen and oxygen atoms in total. The van der Waals surface area contributed by atoms with Crippen LogP contribution >= 0.6 is 0 Å². The summed E-state index contributed by atoms with van der Waals surface area (Å²) in [6, 6.07) is 1.97. The zero-order chi connectivity index (χ0) is 16.5. The average Bonchev–Trinajstić information content (AvgIpc) is 3.23. The number of amides is 1. The number of pyridine rings is 1. The van der Waals surface area contributed by atoms with Gasteiger partial charge in [-0.1, -0.05) is 0 Å². The Labute approximate surface area is 138 Å². The van der Waals surface area contributed by atoms with E-state index in [-0.39, 0.29) is 5.92 Å². The molecule has 4 rings (SSSR count). The van der Waals surface area contributed by atoms with Gasteiger partial charge in [-0.15, -0.1) is 5.06 Å². The standard InChI is InChI=1S/C16H18N6O2/c1-2-17-16(23)24-22-6-4-10(9-22)14-13-11(8-20-21-14)7-19-15-12(13)3-5-18-15/h3,5,7-8,10,21H,2,4,6,9H2,1H3,(H,17,23). The lowest BCUT2D eigenvalue weighted by Crippen LogP contribution is -2.32. The molecule has 0 saturated carbocycles. The van der Waals surface area contributed by atoms with E-state index in [0.717, 1.165) is 33.9 Å². The molecule has 1 atom stereocenters. The monoisotopic (exact) mass is 326 g/mol. The molecule has 3 aromatic heterocycles. The molecule has 1 saturated heterocycles. The van der Waals surface area contributed by atoms with Gasteiger partial charge in [0.15, 0.2) is 5.65 Å². The molecule has 1 unspecified atom stereocenters. The van der Waals surface area contributed by atoms with Crippen LogP contribution in [0.4, 0.5) is 4.79 Å². The Morgan fingerprint density at radius 1 is 1.46 bits per heavy atom. The highest BCUT2D eigenvalue weighted by Gasteiger charge is 2.29. The summed E-state index contributed by atoms with van der Waals surface area (Å²) >= 11 is 0. The van der Waals surface area contributed by atoms with Gasteiger partial charge in [-0.25, -0.2) is 14.8 Å². The van der Waals surface area contributed by atoms with Gasteiger partial charge in [-0.05, 0) is 19.4 Å². The second-order valence-electron chi connectivity index (χ2n) is 5.84. The number of aromatic nitrogens is 4. The van der Waals surface area contributed by atoms with Gasteiger partial charge in [-0.2, -0.15) is 5.10 Å². The Hall–Kier alpha value is -2.74. The second-order valence-corrected chi connectivity index (χ2v) is 5.84. The highest BCUT2D eigenvalue weighted by molar-refractivity contribution is 6.05. The maximum Gasteiger partial charge on any atom is 0.426 e. The van der Waals surface area contributed by atoms with Crippen molar-refractivity contribution in [2.45, 2.75) is 19.3 Å². The Morgan fingerprint density at radius 2 is 2.38 bits per heavy atom. The van der Waals surface area contributed by atoms with Crippen LogP contribution in [0.3, 0.4) is 0 Å². The van der Waals surface area contributed by atoms with E-state index in [1.54, 1.807) is 23.7 Å². The van der Waals surface area contributed by atoms with Crippen LogP contribution in [0.5, 0.6) is 0 Å². The maximum atomic E-state index is 11.6. The quantitative estimate of drug-likeness (QED) is 0.764. The smallest absolute Gasteiger partial charge is 0.351 e. The first-order valence-electron chi connectivity index (χ1n) is 8.03. The van der Waals surface area contributed by atoms with E-state index in [1.165, 1.54) is 0 Å². The molecule has 24 heavy (non-hydrogen) atoms. The first kappa shape index (κ1) is 14.8. The minimum Gasteiger partial charge on any atom is -0.351 e. The van der Waals surface area contributed by atoms with Gasteiger partial charge in [0.25, 0.3) is 0 Å². The SMILES string of the molecule is CCNC(=O)ON1CCC(c2[nH]ncc3cnc4nccc4c23)C1. The predicted octanol–water partition coefficient (Wildman–Crippen LogP) is 1.96. The van der Waals surface area contributed by atoms with Gasteiger partial charge >= 0.3 is 6.09 Å². The van der Waals surface area contributed by atoms with Gasteiger partial charge in [0, 0.05) is 59.8 Å². The van der Waals surface area contributed by atoms with Crippen LogP contribution < -0.4 is 5.32 Å². The van der Waals surface area contributed by atoms with Gasteiger partial charge in [0.1, 0.15) is 0 Å². The summed E-state index contributed by atoms with van der Waals surface area (Å²) in [5.74, 6) is 0.205. The van der Waals surface area contributed by atoms with E-state index in [2.05, 4.69) is 25.5 Å². The Bertz CT molecular complexity index is 893. The topological polar surface area (TPSA) is 96.0 Å². The fraction of sp³-hybridized carbons (Fsp3) is 0.375. The van der Waals surface area contributed by atoms with Crippen molar-refractivity contribution in [1.82, 2.24) is 30.5 Å². The van der Waals surface area contributed by atoms with Gasteiger partial charge in [-0.3, -0.25) is 5.10 Å². The lowest BCUT2D eigenvalue weighted by molar-refractivity contribution is -0.0813. The van der Waals surface area contributed by atoms with Crippen molar-refractivity contribution in [3.05, 3.63) is 30.4 Å². The summed E-state index contributed by atoms with van der Waals surface area (Å²) in [7, 11) is 0. The number of hydrogen-bond acceptors (Lipinski definition) is 6. The van der Waals surface area contributed by atoms with Crippen molar-refractivity contribution in [3.63, 3.8) is 0 Å². The fourth-order valence-corrected chi connectivity index (χ4v) is 3.24. The number of H-pyrrole nitrogens is 1. The van der Waals surface area contributed by atoms with E-state index in [0.29, 0.717) is 19.6 Å². The molecule has 0 aromatic carbocycles. The average molecular weight is 326 g/mol. The maximum absolute atomic E-state index is 11.6. The zero-order valence-electron chi connectivity index (χ0n) is 13.3. The van der Waals surface area contributed by atoms with Crippen molar-refractivity contribution in [1.29, 1.82) is 0 Å². The summed E-state index contributed by atoms with van der Waals surface area (Å²) in [5.41, 5.74) is 1.77. The van der Waals surface area contributed by atoms with E-state index >= 15 is 0 Å². The molecule has 4 heterocycles. The molecule has 1 amide bonds. The van der Waals surface area contributed by atoms with Crippen molar-refractivity contribution in [2.75, 3.05) is 19.6 Å². The van der Waals surface area contributed by atoms with Crippen molar-refractivity contribution in [3.8, 4) is 0 Å². The summed E-state index contributed by atoms with van der Waals surface area (Å²) < 4.78 is 0. The first-order chi connectivity index (χ1) is 11.8. The van der Waals surface area contributed by atoms with Crippen LogP contribution in [0.25, 0.3) is 21.8 Å².